The first kappa shape index (κ1) is 9.51. The topological polar surface area (TPSA) is 55.1 Å². The van der Waals surface area contributed by atoms with Gasteiger partial charge in [0.1, 0.15) is 5.82 Å². The van der Waals surface area contributed by atoms with E-state index in [9.17, 15) is 9.18 Å². The Morgan fingerprint density at radius 3 is 2.69 bits per heavy atom. The van der Waals surface area contributed by atoms with Gasteiger partial charge in [-0.15, -0.1) is 0 Å². The molecule has 0 saturated carbocycles. The van der Waals surface area contributed by atoms with E-state index in [0.717, 1.165) is 0 Å². The summed E-state index contributed by atoms with van der Waals surface area (Å²) < 4.78 is 13.2. The lowest BCUT2D eigenvalue weighted by atomic mass is 10.1. The maximum atomic E-state index is 13.2. The number of amides is 1. The van der Waals surface area contributed by atoms with Crippen molar-refractivity contribution >= 4 is 11.6 Å². The highest BCUT2D eigenvalue weighted by molar-refractivity contribution is 5.95. The second-order valence-electron chi connectivity index (χ2n) is 2.77. The van der Waals surface area contributed by atoms with Crippen molar-refractivity contribution in [3.63, 3.8) is 0 Å². The number of carbonyl (C=O) groups is 1. The van der Waals surface area contributed by atoms with Crippen LogP contribution in [0.25, 0.3) is 0 Å². The second kappa shape index (κ2) is 3.43. The number of carbonyl (C=O) groups excluding carboxylic acids is 1. The molecule has 0 aromatic heterocycles. The standard InChI is InChI=1S/C9H11FN2O/c1-5-3-7(10)6(4-8(5)11)9(13)12-2/h3-4H,11H2,1-2H3,(H,12,13). The van der Waals surface area contributed by atoms with Gasteiger partial charge in [0.15, 0.2) is 0 Å². The maximum absolute atomic E-state index is 13.2. The Kier molecular flexibility index (Phi) is 2.51. The van der Waals surface area contributed by atoms with Gasteiger partial charge < -0.3 is 11.1 Å². The second-order valence-corrected chi connectivity index (χ2v) is 2.77. The number of benzene rings is 1. The number of halogens is 1. The van der Waals surface area contributed by atoms with E-state index in [2.05, 4.69) is 5.32 Å². The Labute approximate surface area is 75.7 Å². The van der Waals surface area contributed by atoms with E-state index < -0.39 is 11.7 Å². The van der Waals surface area contributed by atoms with E-state index in [0.29, 0.717) is 11.3 Å². The van der Waals surface area contributed by atoms with Crippen molar-refractivity contribution in [2.45, 2.75) is 6.92 Å². The summed E-state index contributed by atoms with van der Waals surface area (Å²) in [4.78, 5) is 11.1. The van der Waals surface area contributed by atoms with Crippen molar-refractivity contribution in [3.8, 4) is 0 Å². The van der Waals surface area contributed by atoms with Gasteiger partial charge in [-0.05, 0) is 24.6 Å². The molecule has 0 fully saturated rings. The molecule has 0 aliphatic carbocycles. The summed E-state index contributed by atoms with van der Waals surface area (Å²) in [6.07, 6.45) is 0. The zero-order valence-corrected chi connectivity index (χ0v) is 7.52. The molecule has 1 amide bonds. The van der Waals surface area contributed by atoms with Crippen LogP contribution in [-0.4, -0.2) is 13.0 Å². The van der Waals surface area contributed by atoms with Crippen molar-refractivity contribution in [3.05, 3.63) is 29.1 Å². The largest absolute Gasteiger partial charge is 0.398 e. The van der Waals surface area contributed by atoms with Gasteiger partial charge in [-0.25, -0.2) is 4.39 Å². The third-order valence-corrected chi connectivity index (χ3v) is 1.83. The van der Waals surface area contributed by atoms with Crippen LogP contribution in [0, 0.1) is 12.7 Å². The monoisotopic (exact) mass is 182 g/mol. The molecule has 1 aromatic rings. The van der Waals surface area contributed by atoms with E-state index in [1.54, 1.807) is 6.92 Å². The number of hydrogen-bond acceptors (Lipinski definition) is 2. The molecular formula is C9H11FN2O. The van der Waals surface area contributed by atoms with E-state index in [-0.39, 0.29) is 5.56 Å². The average molecular weight is 182 g/mol. The summed E-state index contributed by atoms with van der Waals surface area (Å²) in [5, 5.41) is 2.33. The molecule has 0 atom stereocenters. The van der Waals surface area contributed by atoms with Gasteiger partial charge in [-0.3, -0.25) is 4.79 Å². The smallest absolute Gasteiger partial charge is 0.254 e. The Hall–Kier alpha value is -1.58. The fourth-order valence-electron chi connectivity index (χ4n) is 0.998. The van der Waals surface area contributed by atoms with Crippen LogP contribution in [-0.2, 0) is 0 Å². The highest BCUT2D eigenvalue weighted by Gasteiger charge is 2.11. The molecule has 4 heteroatoms. The van der Waals surface area contributed by atoms with Crippen LogP contribution < -0.4 is 11.1 Å². The van der Waals surface area contributed by atoms with Gasteiger partial charge in [0.25, 0.3) is 5.91 Å². The SMILES string of the molecule is CNC(=O)c1cc(N)c(C)cc1F. The van der Waals surface area contributed by atoms with Crippen molar-refractivity contribution in [1.82, 2.24) is 5.32 Å². The summed E-state index contributed by atoms with van der Waals surface area (Å²) in [6.45, 7) is 1.69. The van der Waals surface area contributed by atoms with Crippen molar-refractivity contribution in [2.75, 3.05) is 12.8 Å². The third kappa shape index (κ3) is 1.77. The quantitative estimate of drug-likeness (QED) is 0.638. The molecule has 3 nitrogen and oxygen atoms in total. The van der Waals surface area contributed by atoms with Gasteiger partial charge in [0.05, 0.1) is 5.56 Å². The first-order chi connectivity index (χ1) is 6.06. The molecule has 13 heavy (non-hydrogen) atoms. The molecule has 0 heterocycles. The van der Waals surface area contributed by atoms with Crippen molar-refractivity contribution < 1.29 is 9.18 Å². The number of aryl methyl sites for hydroxylation is 1. The molecule has 3 N–H and O–H groups in total. The Morgan fingerprint density at radius 2 is 2.15 bits per heavy atom. The van der Waals surface area contributed by atoms with Crippen LogP contribution in [0.1, 0.15) is 15.9 Å². The lowest BCUT2D eigenvalue weighted by molar-refractivity contribution is 0.0959. The van der Waals surface area contributed by atoms with Crippen molar-refractivity contribution in [2.24, 2.45) is 0 Å². The fourth-order valence-corrected chi connectivity index (χ4v) is 0.998. The first-order valence-corrected chi connectivity index (χ1v) is 3.84. The third-order valence-electron chi connectivity index (χ3n) is 1.83. The molecule has 0 aliphatic rings. The summed E-state index contributed by atoms with van der Waals surface area (Å²) in [5.41, 5.74) is 6.56. The average Bonchev–Trinajstić information content (AvgIpc) is 2.10. The van der Waals surface area contributed by atoms with Gasteiger partial charge in [0, 0.05) is 12.7 Å². The van der Waals surface area contributed by atoms with E-state index >= 15 is 0 Å². The minimum atomic E-state index is -0.550. The molecule has 0 saturated heterocycles. The summed E-state index contributed by atoms with van der Waals surface area (Å²) >= 11 is 0. The number of anilines is 1. The Balaban J connectivity index is 3.23. The van der Waals surface area contributed by atoms with E-state index in [4.69, 9.17) is 5.73 Å². The normalized spacial score (nSPS) is 9.77. The lowest BCUT2D eigenvalue weighted by Crippen LogP contribution is -2.19. The van der Waals surface area contributed by atoms with Gasteiger partial charge >= 0.3 is 0 Å². The molecule has 70 valence electrons. The summed E-state index contributed by atoms with van der Waals surface area (Å²) in [7, 11) is 1.44. The number of rotatable bonds is 1. The first-order valence-electron chi connectivity index (χ1n) is 3.84. The Morgan fingerprint density at radius 1 is 1.54 bits per heavy atom. The lowest BCUT2D eigenvalue weighted by Gasteiger charge is -2.05. The molecular weight excluding hydrogens is 171 g/mol. The molecule has 0 unspecified atom stereocenters. The minimum absolute atomic E-state index is 0.0226. The molecule has 0 bridgehead atoms. The molecule has 1 rings (SSSR count). The molecule has 1 aromatic carbocycles. The summed E-state index contributed by atoms with van der Waals surface area (Å²) in [6, 6.07) is 2.59. The van der Waals surface area contributed by atoms with Crippen LogP contribution in [0.4, 0.5) is 10.1 Å². The summed E-state index contributed by atoms with van der Waals surface area (Å²) in [5.74, 6) is -1.02. The minimum Gasteiger partial charge on any atom is -0.398 e. The van der Waals surface area contributed by atoms with E-state index in [1.165, 1.54) is 19.2 Å². The number of hydrogen-bond donors (Lipinski definition) is 2. The number of nitrogen functional groups attached to an aromatic ring is 1. The van der Waals surface area contributed by atoms with Crippen LogP contribution >= 0.6 is 0 Å². The zero-order chi connectivity index (χ0) is 10.0. The molecule has 0 aliphatic heterocycles. The van der Waals surface area contributed by atoms with Crippen LogP contribution in [0.5, 0.6) is 0 Å². The molecule has 0 radical (unpaired) electrons. The highest BCUT2D eigenvalue weighted by atomic mass is 19.1. The van der Waals surface area contributed by atoms with E-state index in [1.807, 2.05) is 0 Å². The fraction of sp³-hybridized carbons (Fsp3) is 0.222. The van der Waals surface area contributed by atoms with Crippen LogP contribution in [0.2, 0.25) is 0 Å². The Bertz CT molecular complexity index is 350. The number of nitrogens with two attached hydrogens (primary N) is 1. The predicted octanol–water partition coefficient (Wildman–Crippen LogP) is 1.08. The number of nitrogens with one attached hydrogen (secondary N) is 1. The van der Waals surface area contributed by atoms with Crippen LogP contribution in [0.3, 0.4) is 0 Å². The predicted molar refractivity (Wildman–Crippen MR) is 48.9 cm³/mol. The van der Waals surface area contributed by atoms with Crippen LogP contribution in [0.15, 0.2) is 12.1 Å². The molecule has 0 spiro atoms. The van der Waals surface area contributed by atoms with Gasteiger partial charge in [-0.2, -0.15) is 0 Å². The van der Waals surface area contributed by atoms with Crippen molar-refractivity contribution in [1.29, 1.82) is 0 Å². The van der Waals surface area contributed by atoms with Gasteiger partial charge in [-0.1, -0.05) is 0 Å². The maximum Gasteiger partial charge on any atom is 0.254 e. The van der Waals surface area contributed by atoms with Gasteiger partial charge in [0.2, 0.25) is 0 Å². The zero-order valence-electron chi connectivity index (χ0n) is 7.52. The highest BCUT2D eigenvalue weighted by Crippen LogP contribution is 2.16.